The maximum atomic E-state index is 11.0. The molecule has 0 radical (unpaired) electrons. The summed E-state index contributed by atoms with van der Waals surface area (Å²) in [4.78, 5) is 11.0. The van der Waals surface area contributed by atoms with Gasteiger partial charge in [-0.1, -0.05) is 32.9 Å². The summed E-state index contributed by atoms with van der Waals surface area (Å²) in [6.07, 6.45) is 1.74. The van der Waals surface area contributed by atoms with Crippen LogP contribution in [0.5, 0.6) is 0 Å². The summed E-state index contributed by atoms with van der Waals surface area (Å²) in [5.74, 6) is -0.919. The van der Waals surface area contributed by atoms with Crippen molar-refractivity contribution in [2.45, 2.75) is 26.2 Å². The number of carbonyl (C=O) groups is 1. The van der Waals surface area contributed by atoms with E-state index in [2.05, 4.69) is 31.0 Å². The molecule has 0 bridgehead atoms. The molecule has 1 aromatic carbocycles. The highest BCUT2D eigenvalue weighted by Gasteiger charge is 2.21. The van der Waals surface area contributed by atoms with Crippen molar-refractivity contribution < 1.29 is 9.90 Å². The molecule has 0 atom stereocenters. The van der Waals surface area contributed by atoms with E-state index in [0.29, 0.717) is 0 Å². The second-order valence-corrected chi connectivity index (χ2v) is 5.29. The van der Waals surface area contributed by atoms with E-state index in [1.54, 1.807) is 24.4 Å². The van der Waals surface area contributed by atoms with Gasteiger partial charge in [-0.15, -0.1) is 0 Å². The fourth-order valence-electron chi connectivity index (χ4n) is 1.90. The minimum atomic E-state index is -0.919. The lowest BCUT2D eigenvalue weighted by atomic mass is 9.87. The van der Waals surface area contributed by atoms with Gasteiger partial charge in [-0.3, -0.25) is 5.10 Å². The fraction of sp³-hybridized carbons (Fsp3) is 0.286. The SMILES string of the molecule is CC(C)(C)c1[nH]ncc1-c1cccc(C(=O)O)c1. The summed E-state index contributed by atoms with van der Waals surface area (Å²) in [5.41, 5.74) is 3.04. The van der Waals surface area contributed by atoms with Crippen LogP contribution in [-0.2, 0) is 5.41 Å². The minimum absolute atomic E-state index is 0.0644. The van der Waals surface area contributed by atoms with E-state index in [9.17, 15) is 4.79 Å². The molecule has 0 aliphatic carbocycles. The maximum Gasteiger partial charge on any atom is 0.335 e. The largest absolute Gasteiger partial charge is 0.478 e. The predicted octanol–water partition coefficient (Wildman–Crippen LogP) is 3.07. The van der Waals surface area contributed by atoms with Crippen molar-refractivity contribution in [3.63, 3.8) is 0 Å². The van der Waals surface area contributed by atoms with Crippen LogP contribution in [0.1, 0.15) is 36.8 Å². The molecule has 2 aromatic rings. The van der Waals surface area contributed by atoms with Gasteiger partial charge in [0.2, 0.25) is 0 Å². The number of aromatic carboxylic acids is 1. The summed E-state index contributed by atoms with van der Waals surface area (Å²) < 4.78 is 0. The van der Waals surface area contributed by atoms with Crippen LogP contribution in [0.3, 0.4) is 0 Å². The third kappa shape index (κ3) is 2.27. The van der Waals surface area contributed by atoms with Crippen LogP contribution in [0.15, 0.2) is 30.5 Å². The molecule has 0 aliphatic heterocycles. The summed E-state index contributed by atoms with van der Waals surface area (Å²) in [7, 11) is 0. The minimum Gasteiger partial charge on any atom is -0.478 e. The highest BCUT2D eigenvalue weighted by Crippen LogP contribution is 2.31. The molecule has 1 heterocycles. The summed E-state index contributed by atoms with van der Waals surface area (Å²) in [6, 6.07) is 6.90. The van der Waals surface area contributed by atoms with Crippen LogP contribution < -0.4 is 0 Å². The normalized spacial score (nSPS) is 11.5. The Bertz CT molecular complexity index is 579. The van der Waals surface area contributed by atoms with Crippen molar-refractivity contribution >= 4 is 5.97 Å². The van der Waals surface area contributed by atoms with Crippen LogP contribution in [0, 0.1) is 0 Å². The summed E-state index contributed by atoms with van der Waals surface area (Å²) in [5, 5.41) is 16.1. The number of aromatic nitrogens is 2. The first-order valence-electron chi connectivity index (χ1n) is 5.77. The smallest absolute Gasteiger partial charge is 0.335 e. The van der Waals surface area contributed by atoms with Gasteiger partial charge in [0.1, 0.15) is 0 Å². The van der Waals surface area contributed by atoms with Gasteiger partial charge in [-0.25, -0.2) is 4.79 Å². The van der Waals surface area contributed by atoms with Gasteiger partial charge in [-0.2, -0.15) is 5.10 Å². The van der Waals surface area contributed by atoms with E-state index in [4.69, 9.17) is 5.11 Å². The van der Waals surface area contributed by atoms with Crippen molar-refractivity contribution in [3.05, 3.63) is 41.7 Å². The quantitative estimate of drug-likeness (QED) is 0.853. The number of nitrogens with zero attached hydrogens (tertiary/aromatic N) is 1. The number of carboxylic acids is 1. The standard InChI is InChI=1S/C14H16N2O2/c1-14(2,3)12-11(8-15-16-12)9-5-4-6-10(7-9)13(17)18/h4-8H,1-3H3,(H,15,16)(H,17,18). The van der Waals surface area contributed by atoms with Gasteiger partial charge < -0.3 is 5.11 Å². The second-order valence-electron chi connectivity index (χ2n) is 5.29. The molecule has 4 nitrogen and oxygen atoms in total. The molecule has 2 rings (SSSR count). The van der Waals surface area contributed by atoms with E-state index in [-0.39, 0.29) is 11.0 Å². The zero-order valence-corrected chi connectivity index (χ0v) is 10.7. The number of aromatic amines is 1. The monoisotopic (exact) mass is 244 g/mol. The molecule has 0 unspecified atom stereocenters. The van der Waals surface area contributed by atoms with Crippen LogP contribution >= 0.6 is 0 Å². The van der Waals surface area contributed by atoms with Crippen LogP contribution in [0.2, 0.25) is 0 Å². The van der Waals surface area contributed by atoms with Gasteiger partial charge in [0.05, 0.1) is 11.8 Å². The first kappa shape index (κ1) is 12.4. The Morgan fingerprint density at radius 1 is 1.33 bits per heavy atom. The molecule has 1 aromatic heterocycles. The van der Waals surface area contributed by atoms with E-state index in [1.807, 2.05) is 6.07 Å². The topological polar surface area (TPSA) is 66.0 Å². The number of rotatable bonds is 2. The van der Waals surface area contributed by atoms with Crippen LogP contribution in [0.4, 0.5) is 0 Å². The second kappa shape index (κ2) is 4.29. The van der Waals surface area contributed by atoms with E-state index in [0.717, 1.165) is 16.8 Å². The molecule has 2 N–H and O–H groups in total. The number of H-pyrrole nitrogens is 1. The number of hydrogen-bond donors (Lipinski definition) is 2. The van der Waals surface area contributed by atoms with Crippen LogP contribution in [-0.4, -0.2) is 21.3 Å². The van der Waals surface area contributed by atoms with Gasteiger partial charge >= 0.3 is 5.97 Å². The Hall–Kier alpha value is -2.10. The zero-order valence-electron chi connectivity index (χ0n) is 10.7. The molecule has 0 spiro atoms. The lowest BCUT2D eigenvalue weighted by Crippen LogP contribution is -2.13. The Labute approximate surface area is 106 Å². The van der Waals surface area contributed by atoms with Crippen molar-refractivity contribution in [3.8, 4) is 11.1 Å². The number of nitrogens with one attached hydrogen (secondary N) is 1. The highest BCUT2D eigenvalue weighted by molar-refractivity contribution is 5.89. The van der Waals surface area contributed by atoms with Crippen molar-refractivity contribution in [1.29, 1.82) is 0 Å². The van der Waals surface area contributed by atoms with Crippen LogP contribution in [0.25, 0.3) is 11.1 Å². The zero-order chi connectivity index (χ0) is 13.3. The Balaban J connectivity index is 2.53. The lowest BCUT2D eigenvalue weighted by Gasteiger charge is -2.18. The average molecular weight is 244 g/mol. The molecule has 0 fully saturated rings. The highest BCUT2D eigenvalue weighted by atomic mass is 16.4. The third-order valence-electron chi connectivity index (χ3n) is 2.81. The van der Waals surface area contributed by atoms with E-state index in [1.165, 1.54) is 0 Å². The summed E-state index contributed by atoms with van der Waals surface area (Å²) in [6.45, 7) is 6.27. The number of benzene rings is 1. The molecule has 0 amide bonds. The first-order chi connectivity index (χ1) is 8.39. The van der Waals surface area contributed by atoms with Gasteiger partial charge in [-0.05, 0) is 17.7 Å². The molecule has 0 saturated carbocycles. The Morgan fingerprint density at radius 2 is 2.06 bits per heavy atom. The van der Waals surface area contributed by atoms with Gasteiger partial charge in [0.15, 0.2) is 0 Å². The molecule has 0 aliphatic rings. The predicted molar refractivity (Wildman–Crippen MR) is 69.7 cm³/mol. The molecular weight excluding hydrogens is 228 g/mol. The van der Waals surface area contributed by atoms with E-state index >= 15 is 0 Å². The fourth-order valence-corrected chi connectivity index (χ4v) is 1.90. The average Bonchev–Trinajstić information content (AvgIpc) is 2.77. The van der Waals surface area contributed by atoms with Crippen molar-refractivity contribution in [1.82, 2.24) is 10.2 Å². The summed E-state index contributed by atoms with van der Waals surface area (Å²) >= 11 is 0. The molecule has 0 saturated heterocycles. The first-order valence-corrected chi connectivity index (χ1v) is 5.77. The molecular formula is C14H16N2O2. The molecule has 4 heteroatoms. The van der Waals surface area contributed by atoms with Crippen molar-refractivity contribution in [2.24, 2.45) is 0 Å². The molecule has 94 valence electrons. The lowest BCUT2D eigenvalue weighted by molar-refractivity contribution is 0.0697. The van der Waals surface area contributed by atoms with Gasteiger partial charge in [0, 0.05) is 16.7 Å². The van der Waals surface area contributed by atoms with E-state index < -0.39 is 5.97 Å². The Morgan fingerprint density at radius 3 is 2.67 bits per heavy atom. The number of carboxylic acid groups (broad SMARTS) is 1. The Kier molecular flexibility index (Phi) is 2.95. The third-order valence-corrected chi connectivity index (χ3v) is 2.81. The van der Waals surface area contributed by atoms with Crippen molar-refractivity contribution in [2.75, 3.05) is 0 Å². The number of hydrogen-bond acceptors (Lipinski definition) is 2. The van der Waals surface area contributed by atoms with Gasteiger partial charge in [0.25, 0.3) is 0 Å². The maximum absolute atomic E-state index is 11.0. The molecule has 18 heavy (non-hydrogen) atoms.